The second kappa shape index (κ2) is 7.49. The van der Waals surface area contributed by atoms with Crippen molar-refractivity contribution in [2.45, 2.75) is 6.92 Å². The Morgan fingerprint density at radius 1 is 1.12 bits per heavy atom. The Balaban J connectivity index is 1.96. The van der Waals surface area contributed by atoms with Gasteiger partial charge in [-0.3, -0.25) is 10.1 Å². The molecule has 1 aromatic heterocycles. The van der Waals surface area contributed by atoms with Crippen LogP contribution in [0.15, 0.2) is 54.0 Å². The van der Waals surface area contributed by atoms with Crippen molar-refractivity contribution < 1.29 is 4.92 Å². The van der Waals surface area contributed by atoms with Crippen LogP contribution >= 0.6 is 11.3 Å². The van der Waals surface area contributed by atoms with Gasteiger partial charge in [-0.2, -0.15) is 0 Å². The number of nitro groups is 1. The lowest BCUT2D eigenvalue weighted by atomic mass is 10.1. The standard InChI is InChI=1S/C20H19N3O2S/c1-14-4-6-16(7-5-14)20-21-18(13-26-20)17-9-8-15(10-11-22(2)3)19(12-17)23(24)25/h4-13H,1-3H3/b11-10+. The van der Waals surface area contributed by atoms with E-state index in [-0.39, 0.29) is 10.6 Å². The summed E-state index contributed by atoms with van der Waals surface area (Å²) >= 11 is 1.53. The van der Waals surface area contributed by atoms with Gasteiger partial charge in [0.15, 0.2) is 0 Å². The second-order valence-electron chi connectivity index (χ2n) is 6.21. The molecule has 0 fully saturated rings. The van der Waals surface area contributed by atoms with Crippen LogP contribution in [0.1, 0.15) is 11.1 Å². The van der Waals surface area contributed by atoms with Crippen LogP contribution in [0.5, 0.6) is 0 Å². The van der Waals surface area contributed by atoms with E-state index in [1.807, 2.05) is 61.6 Å². The average molecular weight is 365 g/mol. The van der Waals surface area contributed by atoms with Gasteiger partial charge in [-0.1, -0.05) is 35.9 Å². The maximum absolute atomic E-state index is 11.4. The number of rotatable bonds is 5. The van der Waals surface area contributed by atoms with Gasteiger partial charge in [0.25, 0.3) is 5.69 Å². The maximum Gasteiger partial charge on any atom is 0.277 e. The van der Waals surface area contributed by atoms with Crippen LogP contribution in [0.25, 0.3) is 27.9 Å². The molecule has 6 heteroatoms. The summed E-state index contributed by atoms with van der Waals surface area (Å²) in [6.07, 6.45) is 3.53. The van der Waals surface area contributed by atoms with Crippen molar-refractivity contribution in [3.63, 3.8) is 0 Å². The third-order valence-electron chi connectivity index (χ3n) is 3.88. The van der Waals surface area contributed by atoms with Crippen molar-refractivity contribution >= 4 is 23.1 Å². The molecule has 0 bridgehead atoms. The maximum atomic E-state index is 11.4. The minimum Gasteiger partial charge on any atom is -0.383 e. The number of nitro benzene ring substituents is 1. The highest BCUT2D eigenvalue weighted by Gasteiger charge is 2.15. The molecule has 0 atom stereocenters. The molecule has 0 aliphatic rings. The van der Waals surface area contributed by atoms with Gasteiger partial charge in [-0.05, 0) is 25.3 Å². The minimum absolute atomic E-state index is 0.0745. The van der Waals surface area contributed by atoms with Crippen molar-refractivity contribution in [1.29, 1.82) is 0 Å². The number of thiazole rings is 1. The van der Waals surface area contributed by atoms with Crippen LogP contribution in [0.2, 0.25) is 0 Å². The van der Waals surface area contributed by atoms with Gasteiger partial charge in [0.1, 0.15) is 5.01 Å². The van der Waals surface area contributed by atoms with Crippen LogP contribution in [0, 0.1) is 17.0 Å². The summed E-state index contributed by atoms with van der Waals surface area (Å²) < 4.78 is 0. The summed E-state index contributed by atoms with van der Waals surface area (Å²) in [5.41, 5.74) is 4.38. The van der Waals surface area contributed by atoms with E-state index in [0.29, 0.717) is 5.56 Å². The van der Waals surface area contributed by atoms with Gasteiger partial charge in [0.05, 0.1) is 16.2 Å². The van der Waals surface area contributed by atoms with E-state index in [1.54, 1.807) is 24.4 Å². The summed E-state index contributed by atoms with van der Waals surface area (Å²) in [5.74, 6) is 0. The fourth-order valence-corrected chi connectivity index (χ4v) is 3.30. The zero-order valence-electron chi connectivity index (χ0n) is 14.8. The summed E-state index contributed by atoms with van der Waals surface area (Å²) in [6, 6.07) is 13.4. The SMILES string of the molecule is Cc1ccc(-c2nc(-c3ccc(/C=C/N(C)C)c([N+](=O)[O-])c3)cs2)cc1. The first kappa shape index (κ1) is 17.8. The number of hydrogen-bond donors (Lipinski definition) is 0. The van der Waals surface area contributed by atoms with Crippen molar-refractivity contribution in [2.24, 2.45) is 0 Å². The van der Waals surface area contributed by atoms with E-state index in [1.165, 1.54) is 16.9 Å². The normalized spacial score (nSPS) is 11.0. The van der Waals surface area contributed by atoms with Crippen molar-refractivity contribution in [3.05, 3.63) is 75.3 Å². The molecular formula is C20H19N3O2S. The second-order valence-corrected chi connectivity index (χ2v) is 7.07. The highest BCUT2D eigenvalue weighted by molar-refractivity contribution is 7.13. The highest BCUT2D eigenvalue weighted by atomic mass is 32.1. The van der Waals surface area contributed by atoms with E-state index >= 15 is 0 Å². The Labute approximate surface area is 156 Å². The molecule has 3 rings (SSSR count). The predicted octanol–water partition coefficient (Wildman–Crippen LogP) is 5.23. The van der Waals surface area contributed by atoms with E-state index < -0.39 is 0 Å². The van der Waals surface area contributed by atoms with Crippen molar-refractivity contribution in [2.75, 3.05) is 14.1 Å². The fourth-order valence-electron chi connectivity index (χ4n) is 2.47. The minimum atomic E-state index is -0.355. The number of aromatic nitrogens is 1. The third-order valence-corrected chi connectivity index (χ3v) is 4.77. The molecule has 0 saturated heterocycles. The molecule has 0 aliphatic heterocycles. The van der Waals surface area contributed by atoms with Gasteiger partial charge in [-0.15, -0.1) is 11.3 Å². The Bertz CT molecular complexity index is 959. The molecule has 0 radical (unpaired) electrons. The molecule has 2 aromatic carbocycles. The molecule has 5 nitrogen and oxygen atoms in total. The Morgan fingerprint density at radius 3 is 2.46 bits per heavy atom. The van der Waals surface area contributed by atoms with E-state index in [0.717, 1.165) is 21.8 Å². The summed E-state index contributed by atoms with van der Waals surface area (Å²) in [5, 5.41) is 14.3. The van der Waals surface area contributed by atoms with E-state index in [2.05, 4.69) is 4.98 Å². The van der Waals surface area contributed by atoms with Gasteiger partial charge in [-0.25, -0.2) is 4.98 Å². The summed E-state index contributed by atoms with van der Waals surface area (Å²) in [4.78, 5) is 17.6. The van der Waals surface area contributed by atoms with Crippen LogP contribution in [-0.4, -0.2) is 28.9 Å². The first-order valence-corrected chi connectivity index (χ1v) is 8.98. The topological polar surface area (TPSA) is 59.3 Å². The lowest BCUT2D eigenvalue weighted by Gasteiger charge is -2.05. The third kappa shape index (κ3) is 3.97. The van der Waals surface area contributed by atoms with E-state index in [9.17, 15) is 10.1 Å². The molecule has 3 aromatic rings. The zero-order valence-corrected chi connectivity index (χ0v) is 15.7. The molecule has 0 N–H and O–H groups in total. The molecule has 0 unspecified atom stereocenters. The Morgan fingerprint density at radius 2 is 1.81 bits per heavy atom. The lowest BCUT2D eigenvalue weighted by molar-refractivity contribution is -0.385. The van der Waals surface area contributed by atoms with Gasteiger partial charge < -0.3 is 4.90 Å². The number of nitrogens with zero attached hydrogens (tertiary/aromatic N) is 3. The van der Waals surface area contributed by atoms with Gasteiger partial charge in [0, 0.05) is 36.7 Å². The summed E-state index contributed by atoms with van der Waals surface area (Å²) in [7, 11) is 3.75. The largest absolute Gasteiger partial charge is 0.383 e. The van der Waals surface area contributed by atoms with Crippen LogP contribution in [0.4, 0.5) is 5.69 Å². The van der Waals surface area contributed by atoms with Gasteiger partial charge in [0.2, 0.25) is 0 Å². The van der Waals surface area contributed by atoms with Crippen LogP contribution in [0.3, 0.4) is 0 Å². The monoisotopic (exact) mass is 365 g/mol. The molecule has 1 heterocycles. The quantitative estimate of drug-likeness (QED) is 0.459. The smallest absolute Gasteiger partial charge is 0.277 e. The molecule has 0 aliphatic carbocycles. The molecule has 132 valence electrons. The van der Waals surface area contributed by atoms with E-state index in [4.69, 9.17) is 0 Å². The molecule has 0 spiro atoms. The number of hydrogen-bond acceptors (Lipinski definition) is 5. The van der Waals surface area contributed by atoms with Crippen LogP contribution < -0.4 is 0 Å². The zero-order chi connectivity index (χ0) is 18.7. The summed E-state index contributed by atoms with van der Waals surface area (Å²) in [6.45, 7) is 2.04. The number of benzene rings is 2. The molecule has 0 amide bonds. The number of aryl methyl sites for hydroxylation is 1. The van der Waals surface area contributed by atoms with Crippen molar-refractivity contribution in [3.8, 4) is 21.8 Å². The lowest BCUT2D eigenvalue weighted by Crippen LogP contribution is -2.00. The fraction of sp³-hybridized carbons (Fsp3) is 0.150. The Hall–Kier alpha value is -2.99. The van der Waals surface area contributed by atoms with Gasteiger partial charge >= 0.3 is 0 Å². The first-order valence-electron chi connectivity index (χ1n) is 8.10. The molecule has 0 saturated carbocycles. The first-order chi connectivity index (χ1) is 12.4. The highest BCUT2D eigenvalue weighted by Crippen LogP contribution is 2.32. The predicted molar refractivity (Wildman–Crippen MR) is 107 cm³/mol. The average Bonchev–Trinajstić information content (AvgIpc) is 3.10. The Kier molecular flexibility index (Phi) is 5.14. The molecular weight excluding hydrogens is 346 g/mol. The van der Waals surface area contributed by atoms with Crippen molar-refractivity contribution in [1.82, 2.24) is 9.88 Å². The van der Waals surface area contributed by atoms with Crippen LogP contribution in [-0.2, 0) is 0 Å². The molecule has 26 heavy (non-hydrogen) atoms.